The van der Waals surface area contributed by atoms with Gasteiger partial charge in [0.2, 0.25) is 0 Å². The first kappa shape index (κ1) is 18.4. The number of rotatable bonds is 6. The van der Waals surface area contributed by atoms with Crippen molar-refractivity contribution in [2.45, 2.75) is 45.8 Å². The minimum atomic E-state index is -0.475. The molecule has 0 aliphatic heterocycles. The Morgan fingerprint density at radius 3 is 2.75 bits per heavy atom. The maximum absolute atomic E-state index is 14.1. The zero-order valence-corrected chi connectivity index (χ0v) is 16.2. The molecule has 0 unspecified atom stereocenters. The molecule has 4 rings (SSSR count). The largest absolute Gasteiger partial charge is 0.329 e. The first-order valence-corrected chi connectivity index (χ1v) is 9.64. The van der Waals surface area contributed by atoms with E-state index < -0.39 is 5.82 Å². The van der Waals surface area contributed by atoms with E-state index in [9.17, 15) is 9.18 Å². The molecule has 0 saturated heterocycles. The van der Waals surface area contributed by atoms with Gasteiger partial charge < -0.3 is 9.47 Å². The number of carbonyl (C=O) groups excluding carboxylic acids is 1. The van der Waals surface area contributed by atoms with Crippen LogP contribution in [0.4, 0.5) is 4.39 Å². The number of imidazole rings is 1. The van der Waals surface area contributed by atoms with Gasteiger partial charge in [0.15, 0.2) is 0 Å². The number of benzene rings is 2. The maximum atomic E-state index is 14.1. The highest BCUT2D eigenvalue weighted by atomic mass is 19.1. The van der Waals surface area contributed by atoms with E-state index in [-0.39, 0.29) is 17.5 Å². The van der Waals surface area contributed by atoms with E-state index >= 15 is 0 Å². The van der Waals surface area contributed by atoms with Crippen LogP contribution in [0, 0.1) is 19.7 Å². The highest BCUT2D eigenvalue weighted by Gasteiger charge is 2.34. The van der Waals surface area contributed by atoms with Crippen molar-refractivity contribution in [2.24, 2.45) is 0 Å². The van der Waals surface area contributed by atoms with Gasteiger partial charge in [-0.2, -0.15) is 0 Å². The van der Waals surface area contributed by atoms with Gasteiger partial charge in [-0.05, 0) is 49.9 Å². The topological polar surface area (TPSA) is 38.1 Å². The summed E-state index contributed by atoms with van der Waals surface area (Å²) in [6.07, 6.45) is 5.62. The van der Waals surface area contributed by atoms with E-state index in [2.05, 4.69) is 41.6 Å². The van der Waals surface area contributed by atoms with Crippen molar-refractivity contribution < 1.29 is 9.18 Å². The fourth-order valence-electron chi connectivity index (χ4n) is 3.48. The van der Waals surface area contributed by atoms with E-state index in [1.165, 1.54) is 22.8 Å². The maximum Gasteiger partial charge on any atom is 0.257 e. The van der Waals surface area contributed by atoms with E-state index in [4.69, 9.17) is 0 Å². The van der Waals surface area contributed by atoms with Crippen molar-refractivity contribution >= 4 is 5.91 Å². The van der Waals surface area contributed by atoms with Gasteiger partial charge in [0.1, 0.15) is 11.6 Å². The lowest BCUT2D eigenvalue weighted by Gasteiger charge is -2.23. The third-order valence-corrected chi connectivity index (χ3v) is 5.31. The Balaban J connectivity index is 1.58. The molecule has 0 bridgehead atoms. The Morgan fingerprint density at radius 1 is 1.21 bits per heavy atom. The van der Waals surface area contributed by atoms with Gasteiger partial charge in [-0.15, -0.1) is 0 Å². The first-order chi connectivity index (χ1) is 13.5. The summed E-state index contributed by atoms with van der Waals surface area (Å²) in [5.74, 6) is 0.0799. The van der Waals surface area contributed by atoms with Crippen LogP contribution < -0.4 is 0 Å². The van der Waals surface area contributed by atoms with Crippen LogP contribution in [0.5, 0.6) is 0 Å². The summed E-state index contributed by atoms with van der Waals surface area (Å²) in [5, 5.41) is 0. The van der Waals surface area contributed by atoms with E-state index in [1.807, 2.05) is 6.20 Å². The van der Waals surface area contributed by atoms with E-state index in [1.54, 1.807) is 29.3 Å². The zero-order valence-electron chi connectivity index (χ0n) is 16.2. The quantitative estimate of drug-likeness (QED) is 0.635. The van der Waals surface area contributed by atoms with Crippen LogP contribution in [0.3, 0.4) is 0 Å². The molecule has 1 aromatic heterocycles. The van der Waals surface area contributed by atoms with Crippen LogP contribution in [-0.4, -0.2) is 26.4 Å². The average Bonchev–Trinajstić information content (AvgIpc) is 3.43. The number of nitrogens with zero attached hydrogens (tertiary/aromatic N) is 3. The molecular weight excluding hydrogens is 353 g/mol. The Morgan fingerprint density at radius 2 is 2.00 bits per heavy atom. The van der Waals surface area contributed by atoms with Crippen LogP contribution in [0.15, 0.2) is 54.9 Å². The Labute approximate surface area is 164 Å². The van der Waals surface area contributed by atoms with Crippen molar-refractivity contribution in [1.82, 2.24) is 14.5 Å². The van der Waals surface area contributed by atoms with Crippen LogP contribution >= 0.6 is 0 Å². The predicted octanol–water partition coefficient (Wildman–Crippen LogP) is 4.49. The third-order valence-electron chi connectivity index (χ3n) is 5.31. The van der Waals surface area contributed by atoms with Crippen molar-refractivity contribution in [3.63, 3.8) is 0 Å². The minimum Gasteiger partial charge on any atom is -0.329 e. The Bertz CT molecular complexity index is 1010. The highest BCUT2D eigenvalue weighted by Crippen LogP contribution is 2.30. The molecule has 1 fully saturated rings. The normalized spacial score (nSPS) is 13.5. The molecule has 0 spiro atoms. The molecular formula is C23H24FN3O. The van der Waals surface area contributed by atoms with E-state index in [0.717, 1.165) is 18.7 Å². The summed E-state index contributed by atoms with van der Waals surface area (Å²) in [6, 6.07) is 12.8. The SMILES string of the molecule is Cc1ccc(C)c(Cn2ccnc2CN(C(=O)c2ccccc2F)C2CC2)c1. The molecule has 1 amide bonds. The van der Waals surface area contributed by atoms with Gasteiger partial charge in [0.05, 0.1) is 12.1 Å². The molecule has 3 aromatic rings. The lowest BCUT2D eigenvalue weighted by atomic mass is 10.1. The second kappa shape index (κ2) is 7.58. The zero-order chi connectivity index (χ0) is 19.7. The van der Waals surface area contributed by atoms with Crippen molar-refractivity contribution in [3.8, 4) is 0 Å². The standard InChI is InChI=1S/C23H24FN3O/c1-16-7-8-17(2)18(13-16)14-26-12-11-25-22(26)15-27(19-9-10-19)23(28)20-5-3-4-6-21(20)24/h3-8,11-13,19H,9-10,14-15H2,1-2H3. The number of aromatic nitrogens is 2. The molecule has 1 saturated carbocycles. The number of hydrogen-bond donors (Lipinski definition) is 0. The number of hydrogen-bond acceptors (Lipinski definition) is 2. The second-order valence-corrected chi connectivity index (χ2v) is 7.55. The van der Waals surface area contributed by atoms with Gasteiger partial charge >= 0.3 is 0 Å². The van der Waals surface area contributed by atoms with Crippen molar-refractivity contribution in [3.05, 3.63) is 88.8 Å². The van der Waals surface area contributed by atoms with Gasteiger partial charge in [0, 0.05) is 25.0 Å². The highest BCUT2D eigenvalue weighted by molar-refractivity contribution is 5.94. The van der Waals surface area contributed by atoms with Crippen LogP contribution in [0.2, 0.25) is 0 Å². The van der Waals surface area contributed by atoms with Crippen LogP contribution in [0.25, 0.3) is 0 Å². The summed E-state index contributed by atoms with van der Waals surface area (Å²) in [4.78, 5) is 19.2. The molecule has 144 valence electrons. The number of carbonyl (C=O) groups is 1. The Hall–Kier alpha value is -2.95. The molecule has 0 atom stereocenters. The lowest BCUT2D eigenvalue weighted by molar-refractivity contribution is 0.0719. The summed E-state index contributed by atoms with van der Waals surface area (Å²) >= 11 is 0. The molecule has 1 aliphatic carbocycles. The average molecular weight is 377 g/mol. The third kappa shape index (κ3) is 3.84. The van der Waals surface area contributed by atoms with Crippen LogP contribution in [0.1, 0.15) is 45.7 Å². The van der Waals surface area contributed by atoms with Gasteiger partial charge in [-0.1, -0.05) is 35.9 Å². The van der Waals surface area contributed by atoms with Crippen molar-refractivity contribution in [2.75, 3.05) is 0 Å². The molecule has 4 nitrogen and oxygen atoms in total. The fourth-order valence-corrected chi connectivity index (χ4v) is 3.48. The molecule has 28 heavy (non-hydrogen) atoms. The summed E-state index contributed by atoms with van der Waals surface area (Å²) in [6.45, 7) is 5.27. The van der Waals surface area contributed by atoms with E-state index in [0.29, 0.717) is 13.1 Å². The monoisotopic (exact) mass is 377 g/mol. The molecule has 1 heterocycles. The molecule has 2 aromatic carbocycles. The van der Waals surface area contributed by atoms with Crippen LogP contribution in [-0.2, 0) is 13.1 Å². The summed E-state index contributed by atoms with van der Waals surface area (Å²) in [7, 11) is 0. The number of aryl methyl sites for hydroxylation is 2. The van der Waals surface area contributed by atoms with Gasteiger partial charge in [0.25, 0.3) is 5.91 Å². The first-order valence-electron chi connectivity index (χ1n) is 9.64. The summed E-state index contributed by atoms with van der Waals surface area (Å²) in [5.41, 5.74) is 3.81. The molecule has 0 radical (unpaired) electrons. The summed E-state index contributed by atoms with van der Waals surface area (Å²) < 4.78 is 16.2. The molecule has 5 heteroatoms. The van der Waals surface area contributed by atoms with Gasteiger partial charge in [-0.3, -0.25) is 4.79 Å². The van der Waals surface area contributed by atoms with Crippen molar-refractivity contribution in [1.29, 1.82) is 0 Å². The number of halogens is 1. The molecule has 1 aliphatic rings. The number of amides is 1. The van der Waals surface area contributed by atoms with Gasteiger partial charge in [-0.25, -0.2) is 9.37 Å². The molecule has 0 N–H and O–H groups in total. The minimum absolute atomic E-state index is 0.127. The lowest BCUT2D eigenvalue weighted by Crippen LogP contribution is -2.34. The second-order valence-electron chi connectivity index (χ2n) is 7.55. The fraction of sp³-hybridized carbons (Fsp3) is 0.304. The Kier molecular flexibility index (Phi) is 4.99. The predicted molar refractivity (Wildman–Crippen MR) is 107 cm³/mol. The smallest absolute Gasteiger partial charge is 0.257 e.